The van der Waals surface area contributed by atoms with E-state index in [1.165, 1.54) is 25.3 Å². The second-order valence-corrected chi connectivity index (χ2v) is 5.76. The Hall–Kier alpha value is -2.61. The summed E-state index contributed by atoms with van der Waals surface area (Å²) in [5, 5.41) is 13.6. The lowest BCUT2D eigenvalue weighted by Crippen LogP contribution is -2.30. The molecule has 0 saturated heterocycles. The number of benzene rings is 2. The average molecular weight is 395 g/mol. The van der Waals surface area contributed by atoms with E-state index in [-0.39, 0.29) is 11.4 Å². The first-order valence-corrected chi connectivity index (χ1v) is 7.75. The molecule has 0 aromatic heterocycles. The Morgan fingerprint density at radius 2 is 2.00 bits per heavy atom. The van der Waals surface area contributed by atoms with Crippen LogP contribution in [0.5, 0.6) is 11.5 Å². The van der Waals surface area contributed by atoms with Crippen LogP contribution in [-0.4, -0.2) is 24.0 Å². The van der Waals surface area contributed by atoms with E-state index in [4.69, 9.17) is 9.47 Å². The number of hydrogen-bond donors (Lipinski definition) is 1. The topological polar surface area (TPSA) is 90.7 Å². The van der Waals surface area contributed by atoms with Crippen molar-refractivity contribution in [3.8, 4) is 11.5 Å². The van der Waals surface area contributed by atoms with Gasteiger partial charge in [-0.05, 0) is 37.3 Å². The summed E-state index contributed by atoms with van der Waals surface area (Å²) in [5.74, 6) is 0.345. The number of hydrogen-bond acceptors (Lipinski definition) is 5. The number of methoxy groups -OCH3 is 1. The average Bonchev–Trinajstić information content (AvgIpc) is 2.54. The predicted molar refractivity (Wildman–Crippen MR) is 92.5 cm³/mol. The van der Waals surface area contributed by atoms with E-state index in [2.05, 4.69) is 21.2 Å². The van der Waals surface area contributed by atoms with Crippen LogP contribution in [-0.2, 0) is 4.79 Å². The van der Waals surface area contributed by atoms with Crippen LogP contribution in [0.2, 0.25) is 0 Å². The van der Waals surface area contributed by atoms with Gasteiger partial charge in [-0.3, -0.25) is 14.9 Å². The molecule has 7 nitrogen and oxygen atoms in total. The van der Waals surface area contributed by atoms with Gasteiger partial charge in [0.25, 0.3) is 11.6 Å². The predicted octanol–water partition coefficient (Wildman–Crippen LogP) is 3.77. The first-order chi connectivity index (χ1) is 11.4. The van der Waals surface area contributed by atoms with Crippen LogP contribution < -0.4 is 14.8 Å². The molecule has 0 aliphatic heterocycles. The molecule has 2 aromatic carbocycles. The Morgan fingerprint density at radius 1 is 1.25 bits per heavy atom. The highest BCUT2D eigenvalue weighted by molar-refractivity contribution is 9.10. The number of carbonyl (C=O) groups excluding carboxylic acids is 1. The molecule has 0 bridgehead atoms. The molecular weight excluding hydrogens is 380 g/mol. The lowest BCUT2D eigenvalue weighted by Gasteiger charge is -2.15. The molecular formula is C16H15BrN2O5. The number of nitro groups is 1. The molecule has 0 unspecified atom stereocenters. The van der Waals surface area contributed by atoms with Crippen molar-refractivity contribution in [2.75, 3.05) is 12.4 Å². The maximum absolute atomic E-state index is 12.2. The summed E-state index contributed by atoms with van der Waals surface area (Å²) in [5.41, 5.74) is -0.173. The first kappa shape index (κ1) is 17.7. The summed E-state index contributed by atoms with van der Waals surface area (Å²) in [7, 11) is 1.41. The highest BCUT2D eigenvalue weighted by Crippen LogP contribution is 2.29. The fourth-order valence-electron chi connectivity index (χ4n) is 1.93. The van der Waals surface area contributed by atoms with Crippen LogP contribution in [0.3, 0.4) is 0 Å². The van der Waals surface area contributed by atoms with Crippen molar-refractivity contribution < 1.29 is 19.2 Å². The molecule has 8 heteroatoms. The molecule has 2 rings (SSSR count). The number of carbonyl (C=O) groups is 1. The summed E-state index contributed by atoms with van der Waals surface area (Å²) >= 11 is 3.31. The summed E-state index contributed by atoms with van der Waals surface area (Å²) in [6.07, 6.45) is -0.832. The Balaban J connectivity index is 2.12. The van der Waals surface area contributed by atoms with E-state index in [9.17, 15) is 14.9 Å². The zero-order valence-corrected chi connectivity index (χ0v) is 14.6. The number of nitro benzene ring substituents is 1. The molecule has 0 aliphatic carbocycles. The van der Waals surface area contributed by atoms with Gasteiger partial charge in [-0.15, -0.1) is 0 Å². The van der Waals surface area contributed by atoms with Gasteiger partial charge in [0.15, 0.2) is 6.10 Å². The zero-order chi connectivity index (χ0) is 17.7. The van der Waals surface area contributed by atoms with E-state index in [0.29, 0.717) is 11.5 Å². The molecule has 0 radical (unpaired) electrons. The number of rotatable bonds is 6. The van der Waals surface area contributed by atoms with Crippen LogP contribution >= 0.6 is 15.9 Å². The van der Waals surface area contributed by atoms with E-state index in [0.717, 1.165) is 4.47 Å². The Labute approximate surface area is 146 Å². The van der Waals surface area contributed by atoms with Crippen molar-refractivity contribution in [3.63, 3.8) is 0 Å². The van der Waals surface area contributed by atoms with Gasteiger partial charge in [0, 0.05) is 4.47 Å². The van der Waals surface area contributed by atoms with E-state index in [1.807, 2.05) is 6.07 Å². The summed E-state index contributed by atoms with van der Waals surface area (Å²) in [4.78, 5) is 22.8. The largest absolute Gasteiger partial charge is 0.496 e. The van der Waals surface area contributed by atoms with Crippen molar-refractivity contribution >= 4 is 33.2 Å². The van der Waals surface area contributed by atoms with Crippen LogP contribution in [0.15, 0.2) is 46.9 Å². The SMILES string of the molecule is COc1ccc(NC(=O)[C@H](C)Oc2cccc(Br)c2)c([N+](=O)[O-])c1. The molecule has 0 aliphatic rings. The number of nitrogens with one attached hydrogen (secondary N) is 1. The highest BCUT2D eigenvalue weighted by Gasteiger charge is 2.21. The monoisotopic (exact) mass is 394 g/mol. The maximum Gasteiger partial charge on any atom is 0.296 e. The van der Waals surface area contributed by atoms with Gasteiger partial charge in [0.1, 0.15) is 17.2 Å². The third-order valence-electron chi connectivity index (χ3n) is 3.14. The minimum Gasteiger partial charge on any atom is -0.496 e. The van der Waals surface area contributed by atoms with Gasteiger partial charge in [-0.2, -0.15) is 0 Å². The quantitative estimate of drug-likeness (QED) is 0.594. The fraction of sp³-hybridized carbons (Fsp3) is 0.188. The third kappa shape index (κ3) is 4.45. The van der Waals surface area contributed by atoms with E-state index >= 15 is 0 Å². The molecule has 126 valence electrons. The smallest absolute Gasteiger partial charge is 0.296 e. The molecule has 1 amide bonds. The number of nitrogens with zero attached hydrogens (tertiary/aromatic N) is 1. The highest BCUT2D eigenvalue weighted by atomic mass is 79.9. The lowest BCUT2D eigenvalue weighted by molar-refractivity contribution is -0.384. The van der Waals surface area contributed by atoms with Crippen LogP contribution in [0.25, 0.3) is 0 Å². The number of anilines is 1. The van der Waals surface area contributed by atoms with Gasteiger partial charge in [0.05, 0.1) is 18.1 Å². The number of amides is 1. The van der Waals surface area contributed by atoms with Gasteiger partial charge in [0.2, 0.25) is 0 Å². The minimum absolute atomic E-state index is 0.0792. The fourth-order valence-corrected chi connectivity index (χ4v) is 2.31. The Bertz CT molecular complexity index is 766. The van der Waals surface area contributed by atoms with Crippen molar-refractivity contribution in [2.45, 2.75) is 13.0 Å². The Kier molecular flexibility index (Phi) is 5.75. The maximum atomic E-state index is 12.2. The molecule has 0 heterocycles. The molecule has 1 atom stereocenters. The number of halogens is 1. The molecule has 0 spiro atoms. The standard InChI is InChI=1S/C16H15BrN2O5/c1-10(24-13-5-3-4-11(17)8-13)16(20)18-14-7-6-12(23-2)9-15(14)19(21)22/h3-10H,1-2H3,(H,18,20)/t10-/m0/s1. The van der Waals surface area contributed by atoms with Gasteiger partial charge in [-0.25, -0.2) is 0 Å². The van der Waals surface area contributed by atoms with Crippen molar-refractivity contribution in [2.24, 2.45) is 0 Å². The second kappa shape index (κ2) is 7.78. The zero-order valence-electron chi connectivity index (χ0n) is 13.0. The first-order valence-electron chi connectivity index (χ1n) is 6.96. The van der Waals surface area contributed by atoms with Crippen LogP contribution in [0.1, 0.15) is 6.92 Å². The number of ether oxygens (including phenoxy) is 2. The van der Waals surface area contributed by atoms with Crippen molar-refractivity contribution in [1.82, 2.24) is 0 Å². The molecule has 1 N–H and O–H groups in total. The van der Waals surface area contributed by atoms with Crippen LogP contribution in [0.4, 0.5) is 11.4 Å². The van der Waals surface area contributed by atoms with Gasteiger partial charge < -0.3 is 14.8 Å². The second-order valence-electron chi connectivity index (χ2n) is 4.85. The van der Waals surface area contributed by atoms with Crippen molar-refractivity contribution in [1.29, 1.82) is 0 Å². The minimum atomic E-state index is -0.832. The Morgan fingerprint density at radius 3 is 2.62 bits per heavy atom. The summed E-state index contributed by atoms with van der Waals surface area (Å²) in [6, 6.07) is 11.2. The molecule has 24 heavy (non-hydrogen) atoms. The van der Waals surface area contributed by atoms with E-state index in [1.54, 1.807) is 25.1 Å². The summed E-state index contributed by atoms with van der Waals surface area (Å²) < 4.78 is 11.3. The third-order valence-corrected chi connectivity index (χ3v) is 3.63. The van der Waals surface area contributed by atoms with Crippen LogP contribution in [0, 0.1) is 10.1 Å². The normalized spacial score (nSPS) is 11.5. The molecule has 2 aromatic rings. The molecule has 0 fully saturated rings. The molecule has 0 saturated carbocycles. The lowest BCUT2D eigenvalue weighted by atomic mass is 10.2. The van der Waals surface area contributed by atoms with Crippen molar-refractivity contribution in [3.05, 3.63) is 57.1 Å². The van der Waals surface area contributed by atoms with Gasteiger partial charge in [-0.1, -0.05) is 22.0 Å². The summed E-state index contributed by atoms with van der Waals surface area (Å²) in [6.45, 7) is 1.56. The van der Waals surface area contributed by atoms with Gasteiger partial charge >= 0.3 is 0 Å². The van der Waals surface area contributed by atoms with E-state index < -0.39 is 16.9 Å².